The summed E-state index contributed by atoms with van der Waals surface area (Å²) in [6, 6.07) is 0. The molecule has 0 aromatic heterocycles. The van der Waals surface area contributed by atoms with Crippen molar-refractivity contribution in [2.45, 2.75) is 70.8 Å². The maximum Gasteiger partial charge on any atom is 0.509 e. The molecule has 2 N–H and O–H groups in total. The molecule has 3 fully saturated rings. The molecule has 8 atom stereocenters. The van der Waals surface area contributed by atoms with Crippen LogP contribution < -0.4 is 0 Å². The largest absolute Gasteiger partial charge is 0.509 e. The van der Waals surface area contributed by atoms with Gasteiger partial charge in [0.15, 0.2) is 22.8 Å². The van der Waals surface area contributed by atoms with Gasteiger partial charge in [-0.1, -0.05) is 26.8 Å². The van der Waals surface area contributed by atoms with Crippen LogP contribution in [0.2, 0.25) is 0 Å². The molecule has 0 unspecified atom stereocenters. The predicted octanol–water partition coefficient (Wildman–Crippen LogP) is 2.65. The standard InChI is InChI=1S/C26H33FO8/c1-5-8-34-22(33)35-26(21(32)13-28)14(2)9-16-17-11-19(30)18-10-15(29)6-7-23(18,3)25(17,27)20(31)12-24(16,26)4/h6-7,10,14,16-17,20,28,31H,5,8-9,11-13H2,1-4H3/t14-,16-,17-,20-,23-,24-,25-,26-/m0/s1. The molecule has 0 aromatic carbocycles. The Bertz CT molecular complexity index is 1030. The van der Waals surface area contributed by atoms with E-state index in [1.807, 2.05) is 0 Å². The maximum absolute atomic E-state index is 17.3. The zero-order chi connectivity index (χ0) is 26.0. The van der Waals surface area contributed by atoms with Crippen LogP contribution in [-0.2, 0) is 23.9 Å². The molecular formula is C26H33FO8. The Morgan fingerprint density at radius 2 is 1.91 bits per heavy atom. The normalized spacial score (nSPS) is 44.1. The molecule has 0 spiro atoms. The molecule has 4 aliphatic rings. The van der Waals surface area contributed by atoms with Gasteiger partial charge in [-0.25, -0.2) is 9.18 Å². The highest BCUT2D eigenvalue weighted by atomic mass is 19.1. The predicted molar refractivity (Wildman–Crippen MR) is 121 cm³/mol. The zero-order valence-corrected chi connectivity index (χ0v) is 20.5. The first-order chi connectivity index (χ1) is 16.3. The van der Waals surface area contributed by atoms with Crippen LogP contribution >= 0.6 is 0 Å². The zero-order valence-electron chi connectivity index (χ0n) is 20.5. The number of alkyl halides is 1. The molecule has 8 nitrogen and oxygen atoms in total. The molecule has 0 aliphatic heterocycles. The molecule has 0 amide bonds. The van der Waals surface area contributed by atoms with Gasteiger partial charge in [-0.05, 0) is 44.3 Å². The number of aliphatic hydroxyl groups is 2. The smallest absolute Gasteiger partial charge is 0.434 e. The van der Waals surface area contributed by atoms with Crippen molar-refractivity contribution in [3.05, 3.63) is 23.8 Å². The Morgan fingerprint density at radius 1 is 1.23 bits per heavy atom. The highest BCUT2D eigenvalue weighted by Crippen LogP contribution is 2.71. The second kappa shape index (κ2) is 8.34. The van der Waals surface area contributed by atoms with Crippen LogP contribution in [0.5, 0.6) is 0 Å². The lowest BCUT2D eigenvalue weighted by Gasteiger charge is -2.62. The lowest BCUT2D eigenvalue weighted by Crippen LogP contribution is -2.71. The summed E-state index contributed by atoms with van der Waals surface area (Å²) in [5, 5.41) is 21.3. The Balaban J connectivity index is 1.84. The van der Waals surface area contributed by atoms with Crippen LogP contribution in [0.15, 0.2) is 23.8 Å². The summed E-state index contributed by atoms with van der Waals surface area (Å²) in [6.45, 7) is 5.82. The van der Waals surface area contributed by atoms with Gasteiger partial charge >= 0.3 is 6.16 Å². The number of aliphatic hydroxyl groups excluding tert-OH is 2. The molecule has 192 valence electrons. The van der Waals surface area contributed by atoms with Gasteiger partial charge in [0.1, 0.15) is 6.61 Å². The second-order valence-electron chi connectivity index (χ2n) is 10.9. The number of ether oxygens (including phenoxy) is 2. The molecule has 0 aromatic rings. The van der Waals surface area contributed by atoms with Gasteiger partial charge in [-0.3, -0.25) is 14.4 Å². The lowest BCUT2D eigenvalue weighted by molar-refractivity contribution is -0.220. The summed E-state index contributed by atoms with van der Waals surface area (Å²) in [7, 11) is 0. The quantitative estimate of drug-likeness (QED) is 0.561. The minimum Gasteiger partial charge on any atom is -0.434 e. The van der Waals surface area contributed by atoms with Crippen molar-refractivity contribution >= 4 is 23.5 Å². The molecule has 9 heteroatoms. The summed E-state index contributed by atoms with van der Waals surface area (Å²) in [5.74, 6) is -3.82. The van der Waals surface area contributed by atoms with E-state index in [0.717, 1.165) is 6.08 Å². The van der Waals surface area contributed by atoms with E-state index < -0.39 is 70.3 Å². The number of hydrogen-bond donors (Lipinski definition) is 2. The second-order valence-corrected chi connectivity index (χ2v) is 10.9. The number of fused-ring (bicyclic) bond motifs is 5. The number of Topliss-reactive ketones (excluding diaryl/α,β-unsaturated/α-hetero) is 2. The van der Waals surface area contributed by atoms with E-state index >= 15 is 4.39 Å². The lowest BCUT2D eigenvalue weighted by atomic mass is 9.44. The summed E-state index contributed by atoms with van der Waals surface area (Å²) >= 11 is 0. The fourth-order valence-corrected chi connectivity index (χ4v) is 7.69. The Labute approximate surface area is 203 Å². The van der Waals surface area contributed by atoms with Crippen molar-refractivity contribution in [2.75, 3.05) is 13.2 Å². The van der Waals surface area contributed by atoms with Crippen molar-refractivity contribution in [3.63, 3.8) is 0 Å². The number of carbonyl (C=O) groups is 4. The molecule has 0 saturated heterocycles. The van der Waals surface area contributed by atoms with Gasteiger partial charge in [-0.2, -0.15) is 0 Å². The monoisotopic (exact) mass is 492 g/mol. The number of allylic oxidation sites excluding steroid dienone is 4. The molecule has 4 rings (SSSR count). The third-order valence-corrected chi connectivity index (χ3v) is 9.25. The van der Waals surface area contributed by atoms with E-state index in [2.05, 4.69) is 0 Å². The first-order valence-electron chi connectivity index (χ1n) is 12.2. The van der Waals surface area contributed by atoms with Crippen molar-refractivity contribution in [1.82, 2.24) is 0 Å². The number of halogens is 1. The maximum atomic E-state index is 17.3. The van der Waals surface area contributed by atoms with E-state index in [0.29, 0.717) is 6.42 Å². The summed E-state index contributed by atoms with van der Waals surface area (Å²) in [6.07, 6.45) is 1.27. The highest BCUT2D eigenvalue weighted by molar-refractivity contribution is 6.10. The average Bonchev–Trinajstić information content (AvgIpc) is 3.02. The first-order valence-corrected chi connectivity index (χ1v) is 12.2. The van der Waals surface area contributed by atoms with Crippen molar-refractivity contribution < 1.29 is 43.3 Å². The average molecular weight is 493 g/mol. The van der Waals surface area contributed by atoms with Gasteiger partial charge in [0.05, 0.1) is 18.1 Å². The van der Waals surface area contributed by atoms with Crippen LogP contribution in [0.3, 0.4) is 0 Å². The molecule has 0 radical (unpaired) electrons. The topological polar surface area (TPSA) is 127 Å². The van der Waals surface area contributed by atoms with Crippen molar-refractivity contribution in [3.8, 4) is 0 Å². The Hall–Kier alpha value is -2.39. The van der Waals surface area contributed by atoms with Crippen LogP contribution in [0.4, 0.5) is 9.18 Å². The molecule has 4 aliphatic carbocycles. The minimum absolute atomic E-state index is 0.0366. The summed E-state index contributed by atoms with van der Waals surface area (Å²) in [4.78, 5) is 51.0. The fraction of sp³-hybridized carbons (Fsp3) is 0.692. The summed E-state index contributed by atoms with van der Waals surface area (Å²) in [5.41, 5.74) is -6.93. The van der Waals surface area contributed by atoms with E-state index in [1.165, 1.54) is 19.1 Å². The van der Waals surface area contributed by atoms with Gasteiger partial charge in [0.25, 0.3) is 0 Å². The first kappa shape index (κ1) is 25.7. The number of rotatable bonds is 5. The van der Waals surface area contributed by atoms with E-state index in [4.69, 9.17) is 9.47 Å². The van der Waals surface area contributed by atoms with Gasteiger partial charge in [0, 0.05) is 29.2 Å². The van der Waals surface area contributed by atoms with E-state index in [-0.39, 0.29) is 37.2 Å². The molecule has 0 heterocycles. The minimum atomic E-state index is -2.30. The number of ketones is 3. The van der Waals surface area contributed by atoms with Crippen molar-refractivity contribution in [1.29, 1.82) is 0 Å². The SMILES string of the molecule is CCCOC(=O)O[C@]1(C(=O)CO)[C@@H](C)C[C@H]2[C@@H]3CC(=O)C4=CC(=O)C=C[C@]4(C)[C@@]3(F)[C@@H](O)C[C@@]21C. The van der Waals surface area contributed by atoms with Crippen LogP contribution in [-0.4, -0.2) is 64.3 Å². The van der Waals surface area contributed by atoms with Gasteiger partial charge in [-0.15, -0.1) is 0 Å². The molecule has 3 saturated carbocycles. The van der Waals surface area contributed by atoms with E-state index in [9.17, 15) is 29.4 Å². The van der Waals surface area contributed by atoms with Gasteiger partial charge < -0.3 is 19.7 Å². The van der Waals surface area contributed by atoms with Crippen LogP contribution in [0.1, 0.15) is 53.4 Å². The molecule has 35 heavy (non-hydrogen) atoms. The number of carbonyl (C=O) groups excluding carboxylic acids is 4. The molecular weight excluding hydrogens is 459 g/mol. The number of hydrogen-bond acceptors (Lipinski definition) is 8. The van der Waals surface area contributed by atoms with Gasteiger partial charge in [0.2, 0.25) is 5.78 Å². The Morgan fingerprint density at radius 3 is 2.54 bits per heavy atom. The molecule has 0 bridgehead atoms. The van der Waals surface area contributed by atoms with Crippen molar-refractivity contribution in [2.24, 2.45) is 28.6 Å². The highest BCUT2D eigenvalue weighted by Gasteiger charge is 2.78. The third kappa shape index (κ3) is 3.16. The third-order valence-electron chi connectivity index (χ3n) is 9.25. The van der Waals surface area contributed by atoms with E-state index in [1.54, 1.807) is 20.8 Å². The van der Waals surface area contributed by atoms with Crippen LogP contribution in [0.25, 0.3) is 0 Å². The Kier molecular flexibility index (Phi) is 6.12. The van der Waals surface area contributed by atoms with Crippen LogP contribution in [0, 0.1) is 28.6 Å². The summed E-state index contributed by atoms with van der Waals surface area (Å²) < 4.78 is 28.1. The fourth-order valence-electron chi connectivity index (χ4n) is 7.69.